The predicted molar refractivity (Wildman–Crippen MR) is 100 cm³/mol. The molecular formula is C17H19ClN4O2S. The number of aromatic amines is 1. The molecule has 0 radical (unpaired) electrons. The zero-order valence-corrected chi connectivity index (χ0v) is 15.1. The van der Waals surface area contributed by atoms with Crippen LogP contribution in [-0.4, -0.2) is 44.6 Å². The van der Waals surface area contributed by atoms with Crippen LogP contribution in [-0.2, 0) is 9.84 Å². The number of pyridine rings is 1. The highest BCUT2D eigenvalue weighted by Gasteiger charge is 2.24. The molecule has 2 N–H and O–H groups in total. The second-order valence-electron chi connectivity index (χ2n) is 5.76. The lowest BCUT2D eigenvalue weighted by atomic mass is 10.2. The summed E-state index contributed by atoms with van der Waals surface area (Å²) in [4.78, 5) is 10.4. The first-order valence-corrected chi connectivity index (χ1v) is 9.38. The number of aromatic nitrogens is 2. The van der Waals surface area contributed by atoms with Crippen molar-refractivity contribution in [3.63, 3.8) is 0 Å². The maximum absolute atomic E-state index is 12.9. The fourth-order valence-electron chi connectivity index (χ4n) is 3.08. The van der Waals surface area contributed by atoms with Gasteiger partial charge in [-0.15, -0.1) is 12.4 Å². The third-order valence-corrected chi connectivity index (χ3v) is 6.11. The van der Waals surface area contributed by atoms with E-state index in [0.717, 1.165) is 37.5 Å². The van der Waals surface area contributed by atoms with Gasteiger partial charge in [0.05, 0.1) is 15.3 Å². The molecule has 0 atom stereocenters. The average molecular weight is 379 g/mol. The van der Waals surface area contributed by atoms with Gasteiger partial charge >= 0.3 is 0 Å². The fraction of sp³-hybridized carbons (Fsp3) is 0.235. The highest BCUT2D eigenvalue weighted by atomic mass is 35.5. The standard InChI is InChI=1S/C17H18N4O2S.ClH/c22-24(23,13-4-2-1-3-5-13)15-12-20-16-14(15)6-7-19-17(16)21-10-8-18-9-11-21;/h1-7,12,18,20H,8-11H2;1H. The van der Waals surface area contributed by atoms with Gasteiger partial charge in [-0.25, -0.2) is 13.4 Å². The number of nitrogens with one attached hydrogen (secondary N) is 2. The monoisotopic (exact) mass is 378 g/mol. The molecule has 2 aromatic heterocycles. The van der Waals surface area contributed by atoms with Crippen LogP contribution in [0.4, 0.5) is 5.82 Å². The minimum absolute atomic E-state index is 0. The largest absolute Gasteiger partial charge is 0.357 e. The van der Waals surface area contributed by atoms with E-state index < -0.39 is 9.84 Å². The summed E-state index contributed by atoms with van der Waals surface area (Å²) in [5, 5.41) is 3.99. The van der Waals surface area contributed by atoms with E-state index in [4.69, 9.17) is 0 Å². The van der Waals surface area contributed by atoms with E-state index in [1.54, 1.807) is 48.8 Å². The Morgan fingerprint density at radius 1 is 1.04 bits per heavy atom. The van der Waals surface area contributed by atoms with Gasteiger partial charge in [0.15, 0.2) is 5.82 Å². The fourth-order valence-corrected chi connectivity index (χ4v) is 4.52. The first-order valence-electron chi connectivity index (χ1n) is 7.90. The van der Waals surface area contributed by atoms with Gasteiger partial charge in [-0.05, 0) is 18.2 Å². The number of H-pyrrole nitrogens is 1. The van der Waals surface area contributed by atoms with E-state index >= 15 is 0 Å². The van der Waals surface area contributed by atoms with Crippen LogP contribution < -0.4 is 10.2 Å². The summed E-state index contributed by atoms with van der Waals surface area (Å²) in [6, 6.07) is 10.3. The Morgan fingerprint density at radius 3 is 2.48 bits per heavy atom. The van der Waals surface area contributed by atoms with E-state index in [1.165, 1.54) is 0 Å². The zero-order chi connectivity index (χ0) is 16.6. The van der Waals surface area contributed by atoms with Crippen molar-refractivity contribution >= 4 is 39.0 Å². The molecule has 1 aliphatic rings. The molecule has 1 saturated heterocycles. The summed E-state index contributed by atoms with van der Waals surface area (Å²) in [6.45, 7) is 3.50. The minimum Gasteiger partial charge on any atom is -0.357 e. The van der Waals surface area contributed by atoms with Gasteiger partial charge in [0.1, 0.15) is 0 Å². The molecule has 0 unspecified atom stereocenters. The van der Waals surface area contributed by atoms with Crippen molar-refractivity contribution in [1.29, 1.82) is 0 Å². The van der Waals surface area contributed by atoms with Gasteiger partial charge in [-0.1, -0.05) is 18.2 Å². The van der Waals surface area contributed by atoms with Crippen LogP contribution in [0.1, 0.15) is 0 Å². The molecule has 0 saturated carbocycles. The summed E-state index contributed by atoms with van der Waals surface area (Å²) in [5.74, 6) is 0.809. The van der Waals surface area contributed by atoms with Crippen molar-refractivity contribution in [3.05, 3.63) is 48.8 Å². The Morgan fingerprint density at radius 2 is 1.76 bits per heavy atom. The van der Waals surface area contributed by atoms with Gasteiger partial charge in [0.2, 0.25) is 9.84 Å². The van der Waals surface area contributed by atoms with Crippen molar-refractivity contribution in [2.45, 2.75) is 9.79 Å². The predicted octanol–water partition coefficient (Wildman–Crippen LogP) is 2.23. The van der Waals surface area contributed by atoms with Crippen molar-refractivity contribution in [2.75, 3.05) is 31.1 Å². The Hall–Kier alpha value is -2.09. The molecule has 25 heavy (non-hydrogen) atoms. The number of rotatable bonds is 3. The molecule has 0 spiro atoms. The Kier molecular flexibility index (Phi) is 4.99. The number of hydrogen-bond acceptors (Lipinski definition) is 5. The lowest BCUT2D eigenvalue weighted by molar-refractivity contribution is 0.586. The number of hydrogen-bond donors (Lipinski definition) is 2. The molecule has 1 fully saturated rings. The first-order chi connectivity index (χ1) is 11.7. The van der Waals surface area contributed by atoms with Crippen LogP contribution in [0.2, 0.25) is 0 Å². The lowest BCUT2D eigenvalue weighted by Crippen LogP contribution is -2.44. The molecule has 3 aromatic rings. The Bertz CT molecular complexity index is 967. The van der Waals surface area contributed by atoms with Crippen LogP contribution in [0.3, 0.4) is 0 Å². The number of fused-ring (bicyclic) bond motifs is 1. The Labute approximate surface area is 152 Å². The van der Waals surface area contributed by atoms with Gasteiger partial charge < -0.3 is 15.2 Å². The van der Waals surface area contributed by atoms with Crippen LogP contribution in [0.5, 0.6) is 0 Å². The molecule has 0 amide bonds. The topological polar surface area (TPSA) is 78.1 Å². The molecule has 3 heterocycles. The van der Waals surface area contributed by atoms with E-state index in [0.29, 0.717) is 15.2 Å². The summed E-state index contributed by atoms with van der Waals surface area (Å²) in [5.41, 5.74) is 0.772. The van der Waals surface area contributed by atoms with Crippen molar-refractivity contribution in [1.82, 2.24) is 15.3 Å². The molecule has 4 rings (SSSR count). The molecule has 0 aliphatic carbocycles. The first kappa shape index (κ1) is 17.7. The smallest absolute Gasteiger partial charge is 0.208 e. The van der Waals surface area contributed by atoms with Gasteiger partial charge in [0.25, 0.3) is 0 Å². The maximum Gasteiger partial charge on any atom is 0.208 e. The second kappa shape index (κ2) is 7.03. The van der Waals surface area contributed by atoms with Crippen molar-refractivity contribution in [3.8, 4) is 0 Å². The van der Waals surface area contributed by atoms with Crippen LogP contribution in [0.25, 0.3) is 10.9 Å². The molecule has 1 aliphatic heterocycles. The zero-order valence-electron chi connectivity index (χ0n) is 13.5. The average Bonchev–Trinajstić information content (AvgIpc) is 3.08. The molecule has 1 aromatic carbocycles. The summed E-state index contributed by atoms with van der Waals surface area (Å²) < 4.78 is 25.9. The molecular weight excluding hydrogens is 360 g/mol. The number of nitrogens with zero attached hydrogens (tertiary/aromatic N) is 2. The normalized spacial score (nSPS) is 15.1. The van der Waals surface area contributed by atoms with E-state index in [9.17, 15) is 8.42 Å². The SMILES string of the molecule is Cl.O=S(=O)(c1ccccc1)c1c[nH]c2c(N3CCNCC3)nccc12. The number of sulfone groups is 1. The maximum atomic E-state index is 12.9. The lowest BCUT2D eigenvalue weighted by Gasteiger charge is -2.28. The Balaban J connectivity index is 0.00000182. The highest BCUT2D eigenvalue weighted by Crippen LogP contribution is 2.32. The van der Waals surface area contributed by atoms with E-state index in [-0.39, 0.29) is 12.4 Å². The number of anilines is 1. The van der Waals surface area contributed by atoms with Crippen LogP contribution >= 0.6 is 12.4 Å². The third kappa shape index (κ3) is 3.10. The van der Waals surface area contributed by atoms with E-state index in [1.807, 2.05) is 0 Å². The number of halogens is 1. The summed E-state index contributed by atoms with van der Waals surface area (Å²) >= 11 is 0. The van der Waals surface area contributed by atoms with Gasteiger partial charge in [0, 0.05) is 44.0 Å². The van der Waals surface area contributed by atoms with Gasteiger partial charge in [-0.2, -0.15) is 0 Å². The summed E-state index contributed by atoms with van der Waals surface area (Å²) in [7, 11) is -3.56. The van der Waals surface area contributed by atoms with Gasteiger partial charge in [-0.3, -0.25) is 0 Å². The van der Waals surface area contributed by atoms with Crippen LogP contribution in [0, 0.1) is 0 Å². The molecule has 0 bridgehead atoms. The second-order valence-corrected chi connectivity index (χ2v) is 7.68. The van der Waals surface area contributed by atoms with Crippen molar-refractivity contribution < 1.29 is 8.42 Å². The number of benzene rings is 1. The van der Waals surface area contributed by atoms with Crippen LogP contribution in [0.15, 0.2) is 58.6 Å². The highest BCUT2D eigenvalue weighted by molar-refractivity contribution is 7.91. The number of piperazine rings is 1. The van der Waals surface area contributed by atoms with Crippen molar-refractivity contribution in [2.24, 2.45) is 0 Å². The molecule has 6 nitrogen and oxygen atoms in total. The molecule has 132 valence electrons. The molecule has 8 heteroatoms. The minimum atomic E-state index is -3.56. The van der Waals surface area contributed by atoms with E-state index in [2.05, 4.69) is 20.2 Å². The quantitative estimate of drug-likeness (QED) is 0.730. The third-order valence-electron chi connectivity index (χ3n) is 4.30. The summed E-state index contributed by atoms with van der Waals surface area (Å²) in [6.07, 6.45) is 3.25.